The fraction of sp³-hybridized carbons (Fsp3) is 0.556. The molecule has 1 fully saturated rings. The Balaban J connectivity index is 1.98. The maximum absolute atomic E-state index is 12.2. The molecule has 10 nitrogen and oxygen atoms in total. The van der Waals surface area contributed by atoms with Gasteiger partial charge in [0, 0.05) is 0 Å². The normalized spacial score (nSPS) is 25.8. The van der Waals surface area contributed by atoms with Gasteiger partial charge >= 0.3 is 5.97 Å². The number of aromatic hydroxyl groups is 1. The maximum Gasteiger partial charge on any atom is 0.335 e. The summed E-state index contributed by atoms with van der Waals surface area (Å²) in [5.41, 5.74) is -1.67. The molecule has 0 saturated carbocycles. The van der Waals surface area contributed by atoms with E-state index in [1.807, 2.05) is 0 Å². The van der Waals surface area contributed by atoms with E-state index in [-0.39, 0.29) is 34.1 Å². The monoisotopic (exact) mass is 520 g/mol. The zero-order chi connectivity index (χ0) is 27.5. The molecule has 1 saturated heterocycles. The number of aromatic carboxylic acids is 1. The van der Waals surface area contributed by atoms with Crippen molar-refractivity contribution in [3.63, 3.8) is 0 Å². The minimum atomic E-state index is -1.94. The number of carboxylic acid groups (broad SMARTS) is 1. The molecular formula is C27H36O10. The largest absolute Gasteiger partial charge is 0.506 e. The third-order valence-electron chi connectivity index (χ3n) is 7.03. The second kappa shape index (κ2) is 11.7. The van der Waals surface area contributed by atoms with Crippen LogP contribution >= 0.6 is 0 Å². The van der Waals surface area contributed by atoms with Crippen LogP contribution in [-0.2, 0) is 4.74 Å². The highest BCUT2D eigenvalue weighted by molar-refractivity contribution is 6.08. The molecule has 1 aliphatic heterocycles. The highest BCUT2D eigenvalue weighted by atomic mass is 16.7. The maximum atomic E-state index is 12.2. The number of fused-ring (bicyclic) bond motifs is 1. The Morgan fingerprint density at radius 3 is 2.38 bits per heavy atom. The van der Waals surface area contributed by atoms with Crippen LogP contribution in [0.3, 0.4) is 0 Å². The Bertz CT molecular complexity index is 1140. The van der Waals surface area contributed by atoms with Crippen LogP contribution in [-0.4, -0.2) is 79.2 Å². The quantitative estimate of drug-likeness (QED) is 0.191. The molecule has 0 radical (unpaired) electrons. The number of aliphatic hydroxyl groups excluding tert-OH is 3. The molecule has 37 heavy (non-hydrogen) atoms. The van der Waals surface area contributed by atoms with E-state index in [1.165, 1.54) is 19.1 Å². The van der Waals surface area contributed by atoms with Crippen molar-refractivity contribution in [1.82, 2.24) is 0 Å². The van der Waals surface area contributed by atoms with Gasteiger partial charge in [-0.15, -0.1) is 0 Å². The number of Topliss-reactive ketones (excluding diaryl/α,β-unsaturated/α-hetero) is 1. The Labute approximate surface area is 215 Å². The molecule has 0 amide bonds. The van der Waals surface area contributed by atoms with Gasteiger partial charge in [-0.05, 0) is 43.4 Å². The van der Waals surface area contributed by atoms with Gasteiger partial charge in [-0.3, -0.25) is 4.79 Å². The van der Waals surface area contributed by atoms with Gasteiger partial charge < -0.3 is 40.1 Å². The fourth-order valence-electron chi connectivity index (χ4n) is 5.02. The summed E-state index contributed by atoms with van der Waals surface area (Å²) in [6.45, 7) is 4.27. The molecule has 10 heteroatoms. The number of ketones is 1. The van der Waals surface area contributed by atoms with Crippen LogP contribution in [0.15, 0.2) is 18.2 Å². The molecule has 1 heterocycles. The number of unbranched alkanes of at least 4 members (excludes halogenated alkanes) is 4. The predicted octanol–water partition coefficient (Wildman–Crippen LogP) is 2.66. The van der Waals surface area contributed by atoms with Crippen molar-refractivity contribution in [2.24, 2.45) is 0 Å². The number of phenolic OH excluding ortho intramolecular Hbond substituents is 1. The summed E-state index contributed by atoms with van der Waals surface area (Å²) in [4.78, 5) is 23.9. The Morgan fingerprint density at radius 2 is 1.78 bits per heavy atom. The van der Waals surface area contributed by atoms with Gasteiger partial charge in [0.1, 0.15) is 35.4 Å². The smallest absolute Gasteiger partial charge is 0.335 e. The second-order valence-corrected chi connectivity index (χ2v) is 9.74. The van der Waals surface area contributed by atoms with Gasteiger partial charge in [0.05, 0.1) is 23.1 Å². The molecule has 0 aliphatic carbocycles. The third kappa shape index (κ3) is 5.73. The van der Waals surface area contributed by atoms with Crippen molar-refractivity contribution < 1.29 is 49.7 Å². The number of carbonyl (C=O) groups is 2. The topological polar surface area (TPSA) is 174 Å². The number of ether oxygens (including phenoxy) is 2. The Morgan fingerprint density at radius 1 is 1.11 bits per heavy atom. The van der Waals surface area contributed by atoms with Crippen LogP contribution in [0.25, 0.3) is 10.8 Å². The number of benzene rings is 2. The summed E-state index contributed by atoms with van der Waals surface area (Å²) in [5, 5.41) is 63.5. The van der Waals surface area contributed by atoms with Crippen LogP contribution in [0.1, 0.15) is 78.7 Å². The molecule has 0 unspecified atom stereocenters. The van der Waals surface area contributed by atoms with Crippen molar-refractivity contribution in [1.29, 1.82) is 0 Å². The summed E-state index contributed by atoms with van der Waals surface area (Å²) in [7, 11) is 0. The van der Waals surface area contributed by atoms with Gasteiger partial charge in [-0.2, -0.15) is 0 Å². The molecule has 2 aromatic carbocycles. The molecule has 0 aromatic heterocycles. The molecule has 0 bridgehead atoms. The summed E-state index contributed by atoms with van der Waals surface area (Å²) in [5.74, 6) is -2.34. The number of aryl methyl sites for hydroxylation is 1. The van der Waals surface area contributed by atoms with E-state index in [9.17, 15) is 40.2 Å². The third-order valence-corrected chi connectivity index (χ3v) is 7.03. The standard InChI is InChI=1S/C27H36O10/c1-4-5-6-7-8-9-27(35)19(13-28)37-26(23(31)24(27)32)36-18-12-17(25(33)34)11-16-10-14(2)20(15(3)29)22(30)21(16)18/h10-12,19,23-24,26,28,30-32,35H,4-9,13H2,1-3H3,(H,33,34)/t19-,23-,24-,26-,27+/m1/s1. The first-order valence-corrected chi connectivity index (χ1v) is 12.5. The van der Waals surface area contributed by atoms with Crippen LogP contribution in [0.2, 0.25) is 0 Å². The van der Waals surface area contributed by atoms with Gasteiger partial charge in [0.15, 0.2) is 5.78 Å². The number of carboxylic acids is 1. The summed E-state index contributed by atoms with van der Waals surface area (Å²) in [6.07, 6.45) is -2.03. The summed E-state index contributed by atoms with van der Waals surface area (Å²) >= 11 is 0. The van der Waals surface area contributed by atoms with E-state index in [2.05, 4.69) is 6.92 Å². The molecule has 1 aliphatic rings. The van der Waals surface area contributed by atoms with Gasteiger partial charge in [0.25, 0.3) is 0 Å². The Kier molecular flexibility index (Phi) is 9.14. The molecule has 2 aromatic rings. The summed E-state index contributed by atoms with van der Waals surface area (Å²) in [6, 6.07) is 3.95. The zero-order valence-corrected chi connectivity index (χ0v) is 21.3. The van der Waals surface area contributed by atoms with Crippen molar-refractivity contribution in [2.45, 2.75) is 89.5 Å². The number of aliphatic hydroxyl groups is 4. The highest BCUT2D eigenvalue weighted by Gasteiger charge is 2.55. The zero-order valence-electron chi connectivity index (χ0n) is 21.3. The fourth-order valence-corrected chi connectivity index (χ4v) is 5.02. The number of hydrogen-bond donors (Lipinski definition) is 6. The van der Waals surface area contributed by atoms with Crippen molar-refractivity contribution in [3.8, 4) is 11.5 Å². The van der Waals surface area contributed by atoms with Crippen LogP contribution in [0, 0.1) is 6.92 Å². The molecule has 6 N–H and O–H groups in total. The second-order valence-electron chi connectivity index (χ2n) is 9.74. The number of phenols is 1. The lowest BCUT2D eigenvalue weighted by atomic mass is 9.80. The first kappa shape index (κ1) is 28.8. The van der Waals surface area contributed by atoms with E-state index in [0.717, 1.165) is 31.7 Å². The van der Waals surface area contributed by atoms with Crippen LogP contribution < -0.4 is 4.74 Å². The lowest BCUT2D eigenvalue weighted by Gasteiger charge is -2.47. The molecule has 204 valence electrons. The molecule has 0 spiro atoms. The highest BCUT2D eigenvalue weighted by Crippen LogP contribution is 2.41. The van der Waals surface area contributed by atoms with Crippen molar-refractivity contribution in [3.05, 3.63) is 34.9 Å². The Hall–Kier alpha value is -2.76. The lowest BCUT2D eigenvalue weighted by molar-refractivity contribution is -0.315. The first-order chi connectivity index (χ1) is 17.5. The predicted molar refractivity (Wildman–Crippen MR) is 134 cm³/mol. The van der Waals surface area contributed by atoms with Crippen LogP contribution in [0.5, 0.6) is 11.5 Å². The van der Waals surface area contributed by atoms with Gasteiger partial charge in [-0.1, -0.05) is 45.1 Å². The van der Waals surface area contributed by atoms with E-state index in [4.69, 9.17) is 9.47 Å². The van der Waals surface area contributed by atoms with Crippen LogP contribution in [0.4, 0.5) is 0 Å². The summed E-state index contributed by atoms with van der Waals surface area (Å²) < 4.78 is 11.5. The van der Waals surface area contributed by atoms with Gasteiger partial charge in [-0.25, -0.2) is 4.79 Å². The first-order valence-electron chi connectivity index (χ1n) is 12.5. The minimum absolute atomic E-state index is 0.0170. The molecule has 3 rings (SSSR count). The average molecular weight is 521 g/mol. The number of hydrogen-bond acceptors (Lipinski definition) is 9. The average Bonchev–Trinajstić information content (AvgIpc) is 2.83. The van der Waals surface area contributed by atoms with Crippen molar-refractivity contribution in [2.75, 3.05) is 6.61 Å². The van der Waals surface area contributed by atoms with E-state index < -0.39 is 54.3 Å². The molecule has 5 atom stereocenters. The molecular weight excluding hydrogens is 484 g/mol. The number of carbonyl (C=O) groups excluding carboxylic acids is 1. The number of rotatable bonds is 11. The SMILES string of the molecule is CCCCCCC[C@@]1(O)[C@H](O)[C@@H](O)[C@H](Oc2cc(C(=O)O)cc3cc(C)c(C(C)=O)c(O)c23)O[C@@H]1CO. The van der Waals surface area contributed by atoms with E-state index in [0.29, 0.717) is 12.0 Å². The lowest BCUT2D eigenvalue weighted by Crippen LogP contribution is -2.67. The minimum Gasteiger partial charge on any atom is -0.506 e. The van der Waals surface area contributed by atoms with Gasteiger partial charge in [0.2, 0.25) is 6.29 Å². The van der Waals surface area contributed by atoms with Crippen molar-refractivity contribution >= 4 is 22.5 Å². The van der Waals surface area contributed by atoms with E-state index in [1.54, 1.807) is 6.92 Å². The van der Waals surface area contributed by atoms with E-state index >= 15 is 0 Å².